The second-order valence-electron chi connectivity index (χ2n) is 3.32. The van der Waals surface area contributed by atoms with Crippen molar-refractivity contribution >= 4 is 11.3 Å². The van der Waals surface area contributed by atoms with E-state index in [2.05, 4.69) is 34.2 Å². The maximum atomic E-state index is 4.55. The molecule has 0 spiro atoms. The van der Waals surface area contributed by atoms with Crippen LogP contribution >= 0.6 is 11.3 Å². The molecule has 0 saturated carbocycles. The van der Waals surface area contributed by atoms with Crippen LogP contribution in [0.2, 0.25) is 0 Å². The van der Waals surface area contributed by atoms with Gasteiger partial charge in [-0.25, -0.2) is 9.97 Å². The number of thiazole rings is 1. The van der Waals surface area contributed by atoms with Gasteiger partial charge in [0.05, 0.1) is 5.69 Å². The SMILES string of the molecule is CCC(C)c1csc(-c2ncc[nH]2)n1. The summed E-state index contributed by atoms with van der Waals surface area (Å²) in [4.78, 5) is 11.8. The van der Waals surface area contributed by atoms with Crippen LogP contribution in [-0.2, 0) is 0 Å². The van der Waals surface area contributed by atoms with E-state index >= 15 is 0 Å². The van der Waals surface area contributed by atoms with Crippen LogP contribution in [0.5, 0.6) is 0 Å². The van der Waals surface area contributed by atoms with Gasteiger partial charge in [-0.15, -0.1) is 11.3 Å². The predicted octanol–water partition coefficient (Wildman–Crippen LogP) is 3.05. The minimum Gasteiger partial charge on any atom is -0.343 e. The number of hydrogen-bond acceptors (Lipinski definition) is 3. The molecule has 1 atom stereocenters. The van der Waals surface area contributed by atoms with Crippen molar-refractivity contribution in [2.24, 2.45) is 0 Å². The zero-order chi connectivity index (χ0) is 9.97. The second-order valence-corrected chi connectivity index (χ2v) is 4.18. The van der Waals surface area contributed by atoms with Crippen LogP contribution in [0.25, 0.3) is 10.8 Å². The fraction of sp³-hybridized carbons (Fsp3) is 0.400. The zero-order valence-electron chi connectivity index (χ0n) is 8.32. The highest BCUT2D eigenvalue weighted by atomic mass is 32.1. The van der Waals surface area contributed by atoms with E-state index in [9.17, 15) is 0 Å². The Hall–Kier alpha value is -1.16. The van der Waals surface area contributed by atoms with E-state index in [1.165, 1.54) is 5.69 Å². The molecule has 4 heteroatoms. The third-order valence-electron chi connectivity index (χ3n) is 2.34. The molecule has 2 aromatic heterocycles. The second kappa shape index (κ2) is 3.92. The van der Waals surface area contributed by atoms with Crippen LogP contribution in [0, 0.1) is 0 Å². The molecule has 0 amide bonds. The van der Waals surface area contributed by atoms with Gasteiger partial charge >= 0.3 is 0 Å². The first-order chi connectivity index (χ1) is 6.81. The monoisotopic (exact) mass is 207 g/mol. The van der Waals surface area contributed by atoms with Crippen LogP contribution in [0.15, 0.2) is 17.8 Å². The highest BCUT2D eigenvalue weighted by Crippen LogP contribution is 2.25. The smallest absolute Gasteiger partial charge is 0.166 e. The van der Waals surface area contributed by atoms with Crippen LogP contribution < -0.4 is 0 Å². The van der Waals surface area contributed by atoms with E-state index in [4.69, 9.17) is 0 Å². The average Bonchev–Trinajstić information content (AvgIpc) is 2.86. The molecule has 1 unspecified atom stereocenters. The standard InChI is InChI=1S/C10H13N3S/c1-3-7(2)8-6-14-10(13-8)9-11-4-5-12-9/h4-7H,3H2,1-2H3,(H,11,12). The molecule has 2 aromatic rings. The van der Waals surface area contributed by atoms with Crippen molar-refractivity contribution in [2.45, 2.75) is 26.2 Å². The topological polar surface area (TPSA) is 41.6 Å². The Morgan fingerprint density at radius 3 is 3.07 bits per heavy atom. The van der Waals surface area contributed by atoms with Crippen molar-refractivity contribution in [1.29, 1.82) is 0 Å². The molecular formula is C10H13N3S. The van der Waals surface area contributed by atoms with E-state index in [1.54, 1.807) is 17.5 Å². The molecule has 0 fully saturated rings. The number of nitrogens with one attached hydrogen (secondary N) is 1. The van der Waals surface area contributed by atoms with Crippen molar-refractivity contribution in [3.05, 3.63) is 23.5 Å². The lowest BCUT2D eigenvalue weighted by molar-refractivity contribution is 0.714. The molecule has 0 aromatic carbocycles. The first kappa shape index (κ1) is 9.40. The summed E-state index contributed by atoms with van der Waals surface area (Å²) in [6, 6.07) is 0. The first-order valence-electron chi connectivity index (χ1n) is 4.76. The summed E-state index contributed by atoms with van der Waals surface area (Å²) in [5, 5.41) is 3.09. The fourth-order valence-corrected chi connectivity index (χ4v) is 2.11. The first-order valence-corrected chi connectivity index (χ1v) is 5.64. The summed E-state index contributed by atoms with van der Waals surface area (Å²) >= 11 is 1.65. The Balaban J connectivity index is 2.26. The minimum absolute atomic E-state index is 0.537. The van der Waals surface area contributed by atoms with Gasteiger partial charge in [-0.1, -0.05) is 13.8 Å². The molecule has 0 aliphatic heterocycles. The van der Waals surface area contributed by atoms with Crippen molar-refractivity contribution in [3.8, 4) is 10.8 Å². The molecule has 2 heterocycles. The van der Waals surface area contributed by atoms with Crippen molar-refractivity contribution in [2.75, 3.05) is 0 Å². The number of aromatic nitrogens is 3. The normalized spacial score (nSPS) is 13.0. The Kier molecular flexibility index (Phi) is 2.63. The van der Waals surface area contributed by atoms with Gasteiger partial charge in [-0.05, 0) is 12.3 Å². The molecule has 0 aliphatic rings. The van der Waals surface area contributed by atoms with Gasteiger partial charge in [0.1, 0.15) is 0 Å². The van der Waals surface area contributed by atoms with E-state index in [0.717, 1.165) is 17.3 Å². The Morgan fingerprint density at radius 2 is 2.43 bits per heavy atom. The summed E-state index contributed by atoms with van der Waals surface area (Å²) in [5.74, 6) is 1.40. The highest BCUT2D eigenvalue weighted by molar-refractivity contribution is 7.13. The Bertz CT molecular complexity index is 391. The molecule has 74 valence electrons. The van der Waals surface area contributed by atoms with E-state index in [0.29, 0.717) is 5.92 Å². The maximum Gasteiger partial charge on any atom is 0.166 e. The number of rotatable bonds is 3. The van der Waals surface area contributed by atoms with Gasteiger partial charge in [0, 0.05) is 17.8 Å². The molecular weight excluding hydrogens is 194 g/mol. The fourth-order valence-electron chi connectivity index (χ4n) is 1.21. The third kappa shape index (κ3) is 1.70. The maximum absolute atomic E-state index is 4.55. The third-order valence-corrected chi connectivity index (χ3v) is 3.21. The highest BCUT2D eigenvalue weighted by Gasteiger charge is 2.10. The molecule has 0 radical (unpaired) electrons. The van der Waals surface area contributed by atoms with Gasteiger partial charge in [-0.2, -0.15) is 0 Å². The van der Waals surface area contributed by atoms with Crippen molar-refractivity contribution in [3.63, 3.8) is 0 Å². The van der Waals surface area contributed by atoms with Gasteiger partial charge in [0.2, 0.25) is 0 Å². The largest absolute Gasteiger partial charge is 0.343 e. The zero-order valence-corrected chi connectivity index (χ0v) is 9.14. The molecule has 0 saturated heterocycles. The van der Waals surface area contributed by atoms with E-state index in [-0.39, 0.29) is 0 Å². The summed E-state index contributed by atoms with van der Waals surface area (Å²) in [6.45, 7) is 4.37. The van der Waals surface area contributed by atoms with Gasteiger partial charge in [0.15, 0.2) is 10.8 Å². The number of H-pyrrole nitrogens is 1. The van der Waals surface area contributed by atoms with E-state index in [1.807, 2.05) is 6.20 Å². The molecule has 2 rings (SSSR count). The Labute approximate surface area is 87.2 Å². The summed E-state index contributed by atoms with van der Waals surface area (Å²) < 4.78 is 0. The molecule has 0 bridgehead atoms. The van der Waals surface area contributed by atoms with Gasteiger partial charge in [0.25, 0.3) is 0 Å². The van der Waals surface area contributed by atoms with Gasteiger partial charge < -0.3 is 4.98 Å². The van der Waals surface area contributed by atoms with Crippen LogP contribution in [0.1, 0.15) is 31.9 Å². The summed E-state index contributed by atoms with van der Waals surface area (Å²) in [5.41, 5.74) is 1.17. The van der Waals surface area contributed by atoms with Crippen molar-refractivity contribution < 1.29 is 0 Å². The summed E-state index contributed by atoms with van der Waals surface area (Å²) in [6.07, 6.45) is 4.70. The quantitative estimate of drug-likeness (QED) is 0.840. The van der Waals surface area contributed by atoms with Crippen LogP contribution in [0.3, 0.4) is 0 Å². The van der Waals surface area contributed by atoms with Crippen molar-refractivity contribution in [1.82, 2.24) is 15.0 Å². The lowest BCUT2D eigenvalue weighted by Gasteiger charge is -2.01. The average molecular weight is 207 g/mol. The number of nitrogens with zero attached hydrogens (tertiary/aromatic N) is 2. The number of aromatic amines is 1. The molecule has 0 aliphatic carbocycles. The molecule has 14 heavy (non-hydrogen) atoms. The van der Waals surface area contributed by atoms with E-state index < -0.39 is 0 Å². The molecule has 3 nitrogen and oxygen atoms in total. The van der Waals surface area contributed by atoms with Crippen LogP contribution in [-0.4, -0.2) is 15.0 Å². The number of hydrogen-bond donors (Lipinski definition) is 1. The molecule has 1 N–H and O–H groups in total. The Morgan fingerprint density at radius 1 is 1.57 bits per heavy atom. The lowest BCUT2D eigenvalue weighted by atomic mass is 10.1. The minimum atomic E-state index is 0.537. The van der Waals surface area contributed by atoms with Gasteiger partial charge in [-0.3, -0.25) is 0 Å². The van der Waals surface area contributed by atoms with Crippen LogP contribution in [0.4, 0.5) is 0 Å². The lowest BCUT2D eigenvalue weighted by Crippen LogP contribution is -1.91. The number of imidazole rings is 1. The summed E-state index contributed by atoms with van der Waals surface area (Å²) in [7, 11) is 0. The predicted molar refractivity (Wildman–Crippen MR) is 58.4 cm³/mol.